The highest BCUT2D eigenvalue weighted by molar-refractivity contribution is 5.81. The van der Waals surface area contributed by atoms with E-state index in [-0.39, 0.29) is 11.9 Å². The molecule has 2 rings (SSSR count). The normalized spacial score (nSPS) is 21.7. The molecule has 1 saturated heterocycles. The van der Waals surface area contributed by atoms with Gasteiger partial charge in [-0.3, -0.25) is 4.79 Å². The summed E-state index contributed by atoms with van der Waals surface area (Å²) in [4.78, 5) is 12.2. The molecule has 0 spiro atoms. The van der Waals surface area contributed by atoms with Crippen LogP contribution in [0.15, 0.2) is 18.2 Å². The molecular formula is C16H24N2O3. The largest absolute Gasteiger partial charge is 0.493 e. The first-order valence-corrected chi connectivity index (χ1v) is 7.36. The van der Waals surface area contributed by atoms with Crippen molar-refractivity contribution in [1.29, 1.82) is 0 Å². The van der Waals surface area contributed by atoms with Gasteiger partial charge in [0.15, 0.2) is 11.5 Å². The van der Waals surface area contributed by atoms with E-state index in [1.807, 2.05) is 18.2 Å². The first-order valence-electron chi connectivity index (χ1n) is 7.36. The number of hydrogen-bond donors (Lipinski definition) is 2. The molecule has 0 radical (unpaired) electrons. The third kappa shape index (κ3) is 4.11. The summed E-state index contributed by atoms with van der Waals surface area (Å²) >= 11 is 0. The monoisotopic (exact) mass is 292 g/mol. The van der Waals surface area contributed by atoms with Crippen LogP contribution in [0.25, 0.3) is 0 Å². The number of nitrogens with one attached hydrogen (secondary N) is 2. The zero-order valence-electron chi connectivity index (χ0n) is 12.9. The van der Waals surface area contributed by atoms with Crippen molar-refractivity contribution >= 4 is 5.91 Å². The van der Waals surface area contributed by atoms with Crippen molar-refractivity contribution in [2.75, 3.05) is 20.8 Å². The molecule has 1 aromatic carbocycles. The minimum absolute atomic E-state index is 0.0661. The molecule has 5 nitrogen and oxygen atoms in total. The average Bonchev–Trinajstić information content (AvgIpc) is 2.52. The molecule has 2 unspecified atom stereocenters. The molecular weight excluding hydrogens is 268 g/mol. The highest BCUT2D eigenvalue weighted by atomic mass is 16.5. The van der Waals surface area contributed by atoms with Crippen LogP contribution in [-0.2, 0) is 11.3 Å². The molecule has 0 bridgehead atoms. The Morgan fingerprint density at radius 1 is 1.33 bits per heavy atom. The Hall–Kier alpha value is -1.75. The number of amides is 1. The van der Waals surface area contributed by atoms with Crippen LogP contribution in [0.1, 0.15) is 25.3 Å². The smallest absolute Gasteiger partial charge is 0.237 e. The van der Waals surface area contributed by atoms with Gasteiger partial charge in [0.25, 0.3) is 0 Å². The molecule has 0 saturated carbocycles. The summed E-state index contributed by atoms with van der Waals surface area (Å²) in [6, 6.07) is 5.59. The van der Waals surface area contributed by atoms with E-state index in [1.165, 1.54) is 0 Å². The van der Waals surface area contributed by atoms with Crippen LogP contribution in [0, 0.1) is 5.92 Å². The van der Waals surface area contributed by atoms with Gasteiger partial charge in [-0.25, -0.2) is 0 Å². The second-order valence-electron chi connectivity index (χ2n) is 5.54. The van der Waals surface area contributed by atoms with Gasteiger partial charge in [-0.1, -0.05) is 13.0 Å². The quantitative estimate of drug-likeness (QED) is 0.867. The standard InChI is InChI=1S/C16H24N2O3/c1-11-6-7-17-13(8-11)16(19)18-10-12-4-5-14(20-2)15(9-12)21-3/h4-5,9,11,13,17H,6-8,10H2,1-3H3,(H,18,19). The van der Waals surface area contributed by atoms with Gasteiger partial charge in [0.1, 0.15) is 0 Å². The SMILES string of the molecule is COc1ccc(CNC(=O)C2CC(C)CCN2)cc1OC. The van der Waals surface area contributed by atoms with E-state index in [4.69, 9.17) is 9.47 Å². The van der Waals surface area contributed by atoms with Gasteiger partial charge in [0, 0.05) is 6.54 Å². The minimum Gasteiger partial charge on any atom is -0.493 e. The molecule has 1 aliphatic rings. The van der Waals surface area contributed by atoms with Gasteiger partial charge in [-0.05, 0) is 43.0 Å². The second kappa shape index (κ2) is 7.31. The number of benzene rings is 1. The molecule has 0 aromatic heterocycles. The fourth-order valence-electron chi connectivity index (χ4n) is 2.61. The minimum atomic E-state index is -0.0751. The number of hydrogen-bond acceptors (Lipinski definition) is 4. The van der Waals surface area contributed by atoms with Gasteiger partial charge in [0.05, 0.1) is 20.3 Å². The third-order valence-corrected chi connectivity index (χ3v) is 3.90. The van der Waals surface area contributed by atoms with E-state index < -0.39 is 0 Å². The zero-order chi connectivity index (χ0) is 15.2. The van der Waals surface area contributed by atoms with Crippen LogP contribution in [0.3, 0.4) is 0 Å². The molecule has 2 atom stereocenters. The molecule has 2 N–H and O–H groups in total. The molecule has 5 heteroatoms. The Morgan fingerprint density at radius 3 is 2.76 bits per heavy atom. The summed E-state index contributed by atoms with van der Waals surface area (Å²) in [5.41, 5.74) is 0.991. The van der Waals surface area contributed by atoms with Crippen LogP contribution in [-0.4, -0.2) is 32.7 Å². The van der Waals surface area contributed by atoms with Crippen molar-refractivity contribution in [3.05, 3.63) is 23.8 Å². The van der Waals surface area contributed by atoms with Crippen LogP contribution in [0.5, 0.6) is 11.5 Å². The Kier molecular flexibility index (Phi) is 5.44. The zero-order valence-corrected chi connectivity index (χ0v) is 12.9. The van der Waals surface area contributed by atoms with Crippen molar-refractivity contribution in [2.24, 2.45) is 5.92 Å². The molecule has 1 amide bonds. The fourth-order valence-corrected chi connectivity index (χ4v) is 2.61. The summed E-state index contributed by atoms with van der Waals surface area (Å²) in [5.74, 6) is 2.03. The molecule has 1 fully saturated rings. The number of methoxy groups -OCH3 is 2. The lowest BCUT2D eigenvalue weighted by molar-refractivity contribution is -0.124. The lowest BCUT2D eigenvalue weighted by Gasteiger charge is -2.27. The highest BCUT2D eigenvalue weighted by Crippen LogP contribution is 2.27. The van der Waals surface area contributed by atoms with Gasteiger partial charge >= 0.3 is 0 Å². The van der Waals surface area contributed by atoms with Gasteiger partial charge in [-0.2, -0.15) is 0 Å². The Bertz CT molecular complexity index is 490. The highest BCUT2D eigenvalue weighted by Gasteiger charge is 2.24. The number of ether oxygens (including phenoxy) is 2. The first kappa shape index (κ1) is 15.6. The summed E-state index contributed by atoms with van der Waals surface area (Å²) in [7, 11) is 3.21. The van der Waals surface area contributed by atoms with E-state index in [1.54, 1.807) is 14.2 Å². The van der Waals surface area contributed by atoms with Crippen molar-refractivity contribution in [2.45, 2.75) is 32.4 Å². The summed E-state index contributed by atoms with van der Waals surface area (Å²) < 4.78 is 10.5. The maximum Gasteiger partial charge on any atom is 0.237 e. The van der Waals surface area contributed by atoms with Crippen LogP contribution >= 0.6 is 0 Å². The topological polar surface area (TPSA) is 59.6 Å². The van der Waals surface area contributed by atoms with Crippen molar-refractivity contribution < 1.29 is 14.3 Å². The van der Waals surface area contributed by atoms with Crippen LogP contribution in [0.2, 0.25) is 0 Å². The van der Waals surface area contributed by atoms with E-state index in [2.05, 4.69) is 17.6 Å². The summed E-state index contributed by atoms with van der Waals surface area (Å²) in [5, 5.41) is 6.25. The third-order valence-electron chi connectivity index (χ3n) is 3.90. The molecule has 21 heavy (non-hydrogen) atoms. The maximum absolute atomic E-state index is 12.2. The molecule has 1 aromatic rings. The van der Waals surface area contributed by atoms with Gasteiger partial charge < -0.3 is 20.1 Å². The number of carbonyl (C=O) groups is 1. The fraction of sp³-hybridized carbons (Fsp3) is 0.562. The van der Waals surface area contributed by atoms with E-state index in [0.717, 1.165) is 24.9 Å². The first-order chi connectivity index (χ1) is 10.1. The average molecular weight is 292 g/mol. The Labute approximate surface area is 126 Å². The van der Waals surface area contributed by atoms with Crippen molar-refractivity contribution in [1.82, 2.24) is 10.6 Å². The number of piperidine rings is 1. The van der Waals surface area contributed by atoms with Crippen LogP contribution < -0.4 is 20.1 Å². The van der Waals surface area contributed by atoms with Crippen LogP contribution in [0.4, 0.5) is 0 Å². The predicted molar refractivity (Wildman–Crippen MR) is 81.6 cm³/mol. The van der Waals surface area contributed by atoms with Crippen molar-refractivity contribution in [3.8, 4) is 11.5 Å². The molecule has 0 aliphatic carbocycles. The molecule has 1 heterocycles. The van der Waals surface area contributed by atoms with E-state index in [0.29, 0.717) is 24.0 Å². The summed E-state index contributed by atoms with van der Waals surface area (Å²) in [6.07, 6.45) is 2.04. The van der Waals surface area contributed by atoms with Crippen molar-refractivity contribution in [3.63, 3.8) is 0 Å². The summed E-state index contributed by atoms with van der Waals surface area (Å²) in [6.45, 7) is 3.59. The van der Waals surface area contributed by atoms with E-state index in [9.17, 15) is 4.79 Å². The number of carbonyl (C=O) groups excluding carboxylic acids is 1. The molecule has 116 valence electrons. The van der Waals surface area contributed by atoms with E-state index >= 15 is 0 Å². The lowest BCUT2D eigenvalue weighted by atomic mass is 9.94. The maximum atomic E-state index is 12.2. The lowest BCUT2D eigenvalue weighted by Crippen LogP contribution is -2.48. The predicted octanol–water partition coefficient (Wildman–Crippen LogP) is 1.71. The van der Waals surface area contributed by atoms with Gasteiger partial charge in [-0.15, -0.1) is 0 Å². The Balaban J connectivity index is 1.91. The number of rotatable bonds is 5. The molecule has 1 aliphatic heterocycles. The van der Waals surface area contributed by atoms with Gasteiger partial charge in [0.2, 0.25) is 5.91 Å². The second-order valence-corrected chi connectivity index (χ2v) is 5.54. The Morgan fingerprint density at radius 2 is 2.10 bits per heavy atom.